The molecule has 1 saturated heterocycles. The zero-order valence-electron chi connectivity index (χ0n) is 14.4. The predicted octanol–water partition coefficient (Wildman–Crippen LogP) is 3.54. The summed E-state index contributed by atoms with van der Waals surface area (Å²) in [5, 5.41) is 3.62. The normalized spacial score (nSPS) is 16.7. The van der Waals surface area contributed by atoms with Crippen LogP contribution in [0.3, 0.4) is 0 Å². The molecule has 1 aliphatic heterocycles. The number of nitrogens with zero attached hydrogens (tertiary/aromatic N) is 1. The molecule has 1 amide bonds. The quantitative estimate of drug-likeness (QED) is 0.760. The Morgan fingerprint density at radius 1 is 1.42 bits per heavy atom. The van der Waals surface area contributed by atoms with Crippen molar-refractivity contribution in [2.75, 3.05) is 33.8 Å². The molecule has 24 heavy (non-hydrogen) atoms. The Labute approximate surface area is 148 Å². The van der Waals surface area contributed by atoms with Crippen LogP contribution in [0.25, 0.3) is 0 Å². The van der Waals surface area contributed by atoms with Gasteiger partial charge in [-0.3, -0.25) is 4.79 Å². The number of carbonyl (C=O) groups is 1. The molecule has 1 aromatic carbocycles. The minimum atomic E-state index is -0.751. The number of alkyl halides is 1. The van der Waals surface area contributed by atoms with Gasteiger partial charge in [-0.2, -0.15) is 0 Å². The molecule has 134 valence electrons. The number of rotatable bonds is 7. The van der Waals surface area contributed by atoms with Gasteiger partial charge in [0, 0.05) is 14.1 Å². The monoisotopic (exact) mass is 356 g/mol. The maximum Gasteiger partial charge on any atom is 0.254 e. The third-order valence-corrected chi connectivity index (χ3v) is 4.68. The molecular weight excluding hydrogens is 331 g/mol. The second-order valence-corrected chi connectivity index (χ2v) is 6.84. The Morgan fingerprint density at radius 3 is 2.75 bits per heavy atom. The third-order valence-electron chi connectivity index (χ3n) is 4.37. The minimum Gasteiger partial charge on any atom is -0.494 e. The molecule has 1 N–H and O–H groups in total. The molecule has 1 aliphatic rings. The van der Waals surface area contributed by atoms with Gasteiger partial charge in [-0.25, -0.2) is 4.39 Å². The molecule has 1 atom stereocenters. The van der Waals surface area contributed by atoms with E-state index in [1.54, 1.807) is 32.3 Å². The summed E-state index contributed by atoms with van der Waals surface area (Å²) < 4.78 is 19.8. The van der Waals surface area contributed by atoms with E-state index in [-0.39, 0.29) is 11.8 Å². The highest BCUT2D eigenvalue weighted by atomic mass is 35.5. The number of hydrogen-bond acceptors (Lipinski definition) is 3. The molecule has 2 rings (SSSR count). The first-order chi connectivity index (χ1) is 11.5. The van der Waals surface area contributed by atoms with E-state index in [1.165, 1.54) is 4.90 Å². The van der Waals surface area contributed by atoms with Crippen LogP contribution in [0.15, 0.2) is 18.2 Å². The van der Waals surface area contributed by atoms with E-state index < -0.39 is 6.17 Å². The van der Waals surface area contributed by atoms with E-state index in [1.807, 2.05) is 0 Å². The molecule has 0 aromatic heterocycles. The summed E-state index contributed by atoms with van der Waals surface area (Å²) in [6, 6.07) is 5.02. The largest absolute Gasteiger partial charge is 0.494 e. The third kappa shape index (κ3) is 5.35. The van der Waals surface area contributed by atoms with Gasteiger partial charge in [0.1, 0.15) is 11.9 Å². The average molecular weight is 357 g/mol. The Morgan fingerprint density at radius 2 is 2.12 bits per heavy atom. The summed E-state index contributed by atoms with van der Waals surface area (Å²) in [6.07, 6.45) is 2.27. The van der Waals surface area contributed by atoms with Gasteiger partial charge in [0.25, 0.3) is 5.91 Å². The summed E-state index contributed by atoms with van der Waals surface area (Å²) in [4.78, 5) is 13.4. The molecule has 0 bridgehead atoms. The first-order valence-corrected chi connectivity index (χ1v) is 8.85. The fraction of sp³-hybridized carbons (Fsp3) is 0.611. The molecule has 0 aliphatic carbocycles. The SMILES string of the molecule is CN(C)C(=O)c1ccc(OCCCC(F)C2CCNCC2)cc1Cl. The van der Waals surface area contributed by atoms with Gasteiger partial charge in [-0.05, 0) is 62.9 Å². The van der Waals surface area contributed by atoms with Crippen molar-refractivity contribution >= 4 is 17.5 Å². The van der Waals surface area contributed by atoms with Gasteiger partial charge in [-0.1, -0.05) is 11.6 Å². The number of ether oxygens (including phenoxy) is 1. The topological polar surface area (TPSA) is 41.6 Å². The number of piperidine rings is 1. The van der Waals surface area contributed by atoms with E-state index >= 15 is 0 Å². The van der Waals surface area contributed by atoms with Crippen molar-refractivity contribution < 1.29 is 13.9 Å². The molecule has 1 unspecified atom stereocenters. The van der Waals surface area contributed by atoms with Crippen molar-refractivity contribution in [2.45, 2.75) is 31.9 Å². The number of benzene rings is 1. The summed E-state index contributed by atoms with van der Waals surface area (Å²) in [7, 11) is 3.36. The van der Waals surface area contributed by atoms with Crippen molar-refractivity contribution in [2.24, 2.45) is 5.92 Å². The van der Waals surface area contributed by atoms with Gasteiger partial charge in [0.15, 0.2) is 0 Å². The highest BCUT2D eigenvalue weighted by Gasteiger charge is 2.22. The van der Waals surface area contributed by atoms with Gasteiger partial charge in [-0.15, -0.1) is 0 Å². The Kier molecular flexibility index (Phi) is 7.31. The molecule has 1 heterocycles. The highest BCUT2D eigenvalue weighted by Crippen LogP contribution is 2.25. The lowest BCUT2D eigenvalue weighted by molar-refractivity contribution is 0.0827. The number of nitrogens with one attached hydrogen (secondary N) is 1. The average Bonchev–Trinajstić information content (AvgIpc) is 2.58. The molecule has 1 aromatic rings. The highest BCUT2D eigenvalue weighted by molar-refractivity contribution is 6.34. The van der Waals surface area contributed by atoms with Crippen LogP contribution in [0, 0.1) is 5.92 Å². The van der Waals surface area contributed by atoms with Crippen LogP contribution >= 0.6 is 11.6 Å². The smallest absolute Gasteiger partial charge is 0.254 e. The first kappa shape index (κ1) is 19.0. The standard InChI is InChI=1S/C18H26ClFN2O2/c1-22(2)18(23)15-6-5-14(12-16(15)19)24-11-3-4-17(20)13-7-9-21-10-8-13/h5-6,12-13,17,21H,3-4,7-11H2,1-2H3. The van der Waals surface area contributed by atoms with Crippen LogP contribution in [-0.4, -0.2) is 50.8 Å². The van der Waals surface area contributed by atoms with Gasteiger partial charge in [0.2, 0.25) is 0 Å². The van der Waals surface area contributed by atoms with E-state index in [0.29, 0.717) is 35.8 Å². The summed E-state index contributed by atoms with van der Waals surface area (Å²) in [5.74, 6) is 0.637. The van der Waals surface area contributed by atoms with Crippen LogP contribution in [0.5, 0.6) is 5.75 Å². The molecule has 0 radical (unpaired) electrons. The lowest BCUT2D eigenvalue weighted by Crippen LogP contribution is -2.32. The predicted molar refractivity (Wildman–Crippen MR) is 94.7 cm³/mol. The number of amides is 1. The number of hydrogen-bond donors (Lipinski definition) is 1. The van der Waals surface area contributed by atoms with Crippen LogP contribution < -0.4 is 10.1 Å². The van der Waals surface area contributed by atoms with Crippen LogP contribution in [0.1, 0.15) is 36.0 Å². The van der Waals surface area contributed by atoms with Gasteiger partial charge >= 0.3 is 0 Å². The van der Waals surface area contributed by atoms with Crippen LogP contribution in [0.4, 0.5) is 4.39 Å². The van der Waals surface area contributed by atoms with E-state index in [9.17, 15) is 9.18 Å². The molecule has 0 spiro atoms. The molecule has 6 heteroatoms. The second kappa shape index (κ2) is 9.23. The molecule has 1 fully saturated rings. The van der Waals surface area contributed by atoms with E-state index in [4.69, 9.17) is 16.3 Å². The maximum absolute atomic E-state index is 14.1. The zero-order chi connectivity index (χ0) is 17.5. The Balaban J connectivity index is 1.76. The van der Waals surface area contributed by atoms with E-state index in [2.05, 4.69) is 5.32 Å². The molecule has 0 saturated carbocycles. The van der Waals surface area contributed by atoms with E-state index in [0.717, 1.165) is 25.9 Å². The Hall–Kier alpha value is -1.33. The van der Waals surface area contributed by atoms with Crippen LogP contribution in [0.2, 0.25) is 5.02 Å². The van der Waals surface area contributed by atoms with Crippen molar-refractivity contribution in [3.05, 3.63) is 28.8 Å². The second-order valence-electron chi connectivity index (χ2n) is 6.44. The van der Waals surface area contributed by atoms with Crippen molar-refractivity contribution in [1.82, 2.24) is 10.2 Å². The van der Waals surface area contributed by atoms with Gasteiger partial charge < -0.3 is 15.0 Å². The van der Waals surface area contributed by atoms with Crippen molar-refractivity contribution in [3.63, 3.8) is 0 Å². The van der Waals surface area contributed by atoms with Crippen molar-refractivity contribution in [3.8, 4) is 5.75 Å². The molecular formula is C18H26ClFN2O2. The minimum absolute atomic E-state index is 0.145. The fourth-order valence-corrected chi connectivity index (χ4v) is 3.16. The summed E-state index contributed by atoms with van der Waals surface area (Å²) in [5.41, 5.74) is 0.448. The fourth-order valence-electron chi connectivity index (χ4n) is 2.91. The van der Waals surface area contributed by atoms with Crippen LogP contribution in [-0.2, 0) is 0 Å². The Bertz CT molecular complexity index is 548. The lowest BCUT2D eigenvalue weighted by atomic mass is 9.91. The molecule has 4 nitrogen and oxygen atoms in total. The number of carbonyl (C=O) groups excluding carboxylic acids is 1. The number of halogens is 2. The maximum atomic E-state index is 14.1. The lowest BCUT2D eigenvalue weighted by Gasteiger charge is -2.25. The van der Waals surface area contributed by atoms with Gasteiger partial charge in [0.05, 0.1) is 17.2 Å². The summed E-state index contributed by atoms with van der Waals surface area (Å²) >= 11 is 6.14. The summed E-state index contributed by atoms with van der Waals surface area (Å²) in [6.45, 7) is 2.28. The van der Waals surface area contributed by atoms with Crippen molar-refractivity contribution in [1.29, 1.82) is 0 Å². The first-order valence-electron chi connectivity index (χ1n) is 8.48. The zero-order valence-corrected chi connectivity index (χ0v) is 15.1.